The Hall–Kier alpha value is -3.32. The van der Waals surface area contributed by atoms with Crippen LogP contribution in [0.3, 0.4) is 0 Å². The molecule has 0 unspecified atom stereocenters. The van der Waals surface area contributed by atoms with Crippen LogP contribution in [0.1, 0.15) is 30.5 Å². The van der Waals surface area contributed by atoms with Crippen LogP contribution in [0.15, 0.2) is 41.8 Å². The van der Waals surface area contributed by atoms with Crippen molar-refractivity contribution in [3.63, 3.8) is 0 Å². The van der Waals surface area contributed by atoms with E-state index in [0.29, 0.717) is 31.5 Å². The van der Waals surface area contributed by atoms with Crippen LogP contribution < -0.4 is 10.2 Å². The number of thioether (sulfide) groups is 1. The van der Waals surface area contributed by atoms with Gasteiger partial charge in [-0.1, -0.05) is 42.1 Å². The number of nitrogens with zero attached hydrogens (tertiary/aromatic N) is 6. The van der Waals surface area contributed by atoms with E-state index >= 15 is 0 Å². The summed E-state index contributed by atoms with van der Waals surface area (Å²) >= 11 is 2.95. The summed E-state index contributed by atoms with van der Waals surface area (Å²) < 4.78 is 14.7. The molecule has 7 rings (SSSR count). The van der Waals surface area contributed by atoms with Crippen LogP contribution in [-0.2, 0) is 33.8 Å². The largest absolute Gasteiger partial charge is 0.378 e. The van der Waals surface area contributed by atoms with Crippen LogP contribution in [0.5, 0.6) is 0 Å². The number of carbonyl (C=O) groups is 1. The fourth-order valence-corrected chi connectivity index (χ4v) is 7.20. The zero-order chi connectivity index (χ0) is 27.3. The molecule has 1 amide bonds. The molecule has 0 saturated carbocycles. The van der Waals surface area contributed by atoms with Crippen molar-refractivity contribution in [3.8, 4) is 0 Å². The fourth-order valence-electron chi connectivity index (χ4n) is 5.34. The normalized spacial score (nSPS) is 17.0. The highest BCUT2D eigenvalue weighted by Gasteiger charge is 2.33. The van der Waals surface area contributed by atoms with E-state index in [1.54, 1.807) is 17.7 Å². The Morgan fingerprint density at radius 3 is 2.80 bits per heavy atom. The highest BCUT2D eigenvalue weighted by molar-refractivity contribution is 7.99. The van der Waals surface area contributed by atoms with Crippen molar-refractivity contribution < 1.29 is 14.3 Å². The molecule has 1 N–H and O–H groups in total. The monoisotopic (exact) mass is 575 g/mol. The number of hydrogen-bond acceptors (Lipinski definition) is 10. The van der Waals surface area contributed by atoms with Gasteiger partial charge in [0.05, 0.1) is 36.7 Å². The molecule has 0 spiro atoms. The van der Waals surface area contributed by atoms with Crippen LogP contribution in [0.25, 0.3) is 26.1 Å². The van der Waals surface area contributed by atoms with Crippen LogP contribution in [0, 0.1) is 0 Å². The molecule has 206 valence electrons. The first-order valence-electron chi connectivity index (χ1n) is 13.3. The Balaban J connectivity index is 1.23. The number of amides is 1. The Bertz CT molecular complexity index is 1730. The van der Waals surface area contributed by atoms with Gasteiger partial charge in [-0.25, -0.2) is 9.97 Å². The minimum atomic E-state index is -0.276. The molecule has 1 fully saturated rings. The van der Waals surface area contributed by atoms with Crippen LogP contribution in [-0.4, -0.2) is 68.1 Å². The third-order valence-corrected chi connectivity index (χ3v) is 9.37. The minimum Gasteiger partial charge on any atom is -0.378 e. The number of aromatic nitrogens is 5. The Labute approximate surface area is 239 Å². The number of thiophene rings is 1. The maximum atomic E-state index is 12.5. The van der Waals surface area contributed by atoms with Crippen molar-refractivity contribution in [2.45, 2.75) is 44.2 Å². The second-order valence-electron chi connectivity index (χ2n) is 10.6. The van der Waals surface area contributed by atoms with Crippen molar-refractivity contribution in [3.05, 3.63) is 53.3 Å². The lowest BCUT2D eigenvalue weighted by Gasteiger charge is -2.36. The third-order valence-electron chi connectivity index (χ3n) is 7.36. The predicted octanol–water partition coefficient (Wildman–Crippen LogP) is 3.98. The summed E-state index contributed by atoms with van der Waals surface area (Å²) in [5, 5.41) is 13.6. The summed E-state index contributed by atoms with van der Waals surface area (Å²) in [5.41, 5.74) is 4.82. The van der Waals surface area contributed by atoms with Crippen LogP contribution >= 0.6 is 23.1 Å². The number of ether oxygens (including phenoxy) is 2. The first-order chi connectivity index (χ1) is 19.5. The lowest BCUT2D eigenvalue weighted by atomic mass is 9.90. The minimum absolute atomic E-state index is 0.0576. The third kappa shape index (κ3) is 4.68. The zero-order valence-corrected chi connectivity index (χ0v) is 24.0. The number of anilines is 1. The van der Waals surface area contributed by atoms with Gasteiger partial charge in [-0.3, -0.25) is 9.20 Å². The summed E-state index contributed by atoms with van der Waals surface area (Å²) in [7, 11) is 0. The first-order valence-corrected chi connectivity index (χ1v) is 15.1. The molecule has 4 aromatic heterocycles. The van der Waals surface area contributed by atoms with Gasteiger partial charge < -0.3 is 19.7 Å². The quantitative estimate of drug-likeness (QED) is 0.301. The number of hydrogen-bond donors (Lipinski definition) is 1. The molecule has 0 atom stereocenters. The summed E-state index contributed by atoms with van der Waals surface area (Å²) in [5.74, 6) is 1.17. The molecule has 2 aliphatic rings. The second-order valence-corrected chi connectivity index (χ2v) is 12.6. The van der Waals surface area contributed by atoms with E-state index in [1.165, 1.54) is 17.3 Å². The number of pyridine rings is 1. The standard InChI is InChI=1S/C28H29N7O3S2/c1-28(2)12-18-19(14-38-28)24(34-8-10-37-11-9-34)31-26-21(18)22-23(40-26)25-32-33-27(35(25)16-30-22)39-15-20(36)29-13-17-6-4-3-5-7-17/h3-7,16H,8-15H2,1-2H3,(H,29,36). The average Bonchev–Trinajstić information content (AvgIpc) is 3.56. The highest BCUT2D eigenvalue weighted by Crippen LogP contribution is 2.43. The van der Waals surface area contributed by atoms with Crippen molar-refractivity contribution in [2.24, 2.45) is 0 Å². The molecular weight excluding hydrogens is 546 g/mol. The fraction of sp³-hybridized carbons (Fsp3) is 0.393. The Kier molecular flexibility index (Phi) is 6.57. The molecule has 0 aliphatic carbocycles. The number of benzene rings is 1. The molecule has 0 bridgehead atoms. The topological polar surface area (TPSA) is 107 Å². The van der Waals surface area contributed by atoms with Crippen molar-refractivity contribution in [1.82, 2.24) is 29.9 Å². The van der Waals surface area contributed by atoms with Crippen LogP contribution in [0.4, 0.5) is 5.82 Å². The number of carbonyl (C=O) groups excluding carboxylic acids is 1. The number of nitrogens with one attached hydrogen (secondary N) is 1. The summed E-state index contributed by atoms with van der Waals surface area (Å²) in [6.45, 7) is 8.30. The summed E-state index contributed by atoms with van der Waals surface area (Å²) in [6.07, 6.45) is 2.55. The van der Waals surface area contributed by atoms with E-state index in [2.05, 4.69) is 34.3 Å². The zero-order valence-electron chi connectivity index (χ0n) is 22.3. The van der Waals surface area contributed by atoms with Crippen molar-refractivity contribution in [2.75, 3.05) is 37.0 Å². The van der Waals surface area contributed by atoms with E-state index in [9.17, 15) is 4.79 Å². The van der Waals surface area contributed by atoms with Crippen LogP contribution in [0.2, 0.25) is 0 Å². The van der Waals surface area contributed by atoms with Gasteiger partial charge in [-0.15, -0.1) is 21.5 Å². The highest BCUT2D eigenvalue weighted by atomic mass is 32.2. The van der Waals surface area contributed by atoms with Gasteiger partial charge in [0.25, 0.3) is 0 Å². The maximum Gasteiger partial charge on any atom is 0.230 e. The van der Waals surface area contributed by atoms with E-state index < -0.39 is 0 Å². The molecule has 5 aromatic rings. The van der Waals surface area contributed by atoms with Gasteiger partial charge in [0.2, 0.25) is 5.91 Å². The molecule has 12 heteroatoms. The van der Waals surface area contributed by atoms with E-state index in [4.69, 9.17) is 19.4 Å². The molecular formula is C28H29N7O3S2. The van der Waals surface area contributed by atoms with E-state index in [0.717, 1.165) is 62.5 Å². The predicted molar refractivity (Wildman–Crippen MR) is 156 cm³/mol. The molecule has 0 radical (unpaired) electrons. The van der Waals surface area contributed by atoms with Crippen molar-refractivity contribution in [1.29, 1.82) is 0 Å². The second kappa shape index (κ2) is 10.3. The molecule has 10 nitrogen and oxygen atoms in total. The van der Waals surface area contributed by atoms with Gasteiger partial charge >= 0.3 is 0 Å². The molecule has 1 aromatic carbocycles. The lowest BCUT2D eigenvalue weighted by Crippen LogP contribution is -2.39. The summed E-state index contributed by atoms with van der Waals surface area (Å²) in [6, 6.07) is 9.87. The van der Waals surface area contributed by atoms with E-state index in [-0.39, 0.29) is 17.3 Å². The van der Waals surface area contributed by atoms with E-state index in [1.807, 2.05) is 34.7 Å². The molecule has 40 heavy (non-hydrogen) atoms. The average molecular weight is 576 g/mol. The van der Waals surface area contributed by atoms with Gasteiger partial charge in [0.15, 0.2) is 10.8 Å². The Morgan fingerprint density at radius 1 is 1.15 bits per heavy atom. The SMILES string of the molecule is CC1(C)Cc2c(c(N3CCOCC3)nc3sc4c(ncn5c(SCC(=O)NCc6ccccc6)nnc45)c23)CO1. The van der Waals surface area contributed by atoms with Gasteiger partial charge in [0.1, 0.15) is 21.7 Å². The molecule has 2 aliphatic heterocycles. The van der Waals surface area contributed by atoms with Gasteiger partial charge in [-0.2, -0.15) is 0 Å². The summed E-state index contributed by atoms with van der Waals surface area (Å²) in [4.78, 5) is 25.8. The number of rotatable bonds is 6. The maximum absolute atomic E-state index is 12.5. The molecule has 1 saturated heterocycles. The molecule has 6 heterocycles. The van der Waals surface area contributed by atoms with Crippen molar-refractivity contribution >= 4 is 60.9 Å². The van der Waals surface area contributed by atoms with Gasteiger partial charge in [0, 0.05) is 37.0 Å². The first kappa shape index (κ1) is 25.6. The van der Waals surface area contributed by atoms with Gasteiger partial charge in [-0.05, 0) is 25.0 Å². The lowest BCUT2D eigenvalue weighted by molar-refractivity contribution is -0.118. The smallest absolute Gasteiger partial charge is 0.230 e. The number of fused-ring (bicyclic) bond motifs is 7. The number of morpholine rings is 1. The Morgan fingerprint density at radius 2 is 1.98 bits per heavy atom.